The molecule has 0 radical (unpaired) electrons. The predicted octanol–water partition coefficient (Wildman–Crippen LogP) is 1.90. The van der Waals surface area contributed by atoms with E-state index in [9.17, 15) is 9.59 Å². The zero-order chi connectivity index (χ0) is 17.5. The molecular weight excluding hydrogens is 314 g/mol. The van der Waals surface area contributed by atoms with Crippen LogP contribution in [0.1, 0.15) is 31.2 Å². The summed E-state index contributed by atoms with van der Waals surface area (Å²) >= 11 is 0. The second-order valence-corrected chi connectivity index (χ2v) is 6.81. The lowest BCUT2D eigenvalue weighted by atomic mass is 10.1. The van der Waals surface area contributed by atoms with Crippen molar-refractivity contribution in [3.05, 3.63) is 42.0 Å². The number of carbonyl (C=O) groups excluding carboxylic acids is 2. The van der Waals surface area contributed by atoms with Crippen molar-refractivity contribution in [2.24, 2.45) is 0 Å². The minimum atomic E-state index is -0.0624. The third-order valence-corrected chi connectivity index (χ3v) is 4.97. The summed E-state index contributed by atoms with van der Waals surface area (Å²) in [6.45, 7) is 3.06. The second kappa shape index (κ2) is 8.81. The molecule has 3 rings (SSSR count). The molecule has 2 aliphatic rings. The normalized spacial score (nSPS) is 21.1. The molecule has 2 fully saturated rings. The number of hydrogen-bond acceptors (Lipinski definition) is 3. The quantitative estimate of drug-likeness (QED) is 0.860. The third kappa shape index (κ3) is 5.16. The van der Waals surface area contributed by atoms with Crippen molar-refractivity contribution < 1.29 is 9.59 Å². The van der Waals surface area contributed by atoms with Gasteiger partial charge in [0.25, 0.3) is 0 Å². The molecule has 1 atom stereocenters. The summed E-state index contributed by atoms with van der Waals surface area (Å²) in [6, 6.07) is 10.5. The standard InChI is InChI=1S/C20H27N3O2/c24-19(21-15-20(25)22-12-4-5-13-22)16-23-14-6-9-18(23)11-10-17-7-2-1-3-8-17/h1-3,7-8,10-11,18H,4-6,9,12-16H2,(H,21,24)/b11-10+. The summed E-state index contributed by atoms with van der Waals surface area (Å²) in [5.74, 6) is -0.0275. The Morgan fingerprint density at radius 3 is 2.60 bits per heavy atom. The van der Waals surface area contributed by atoms with Gasteiger partial charge in [-0.2, -0.15) is 0 Å². The molecule has 1 unspecified atom stereocenters. The van der Waals surface area contributed by atoms with Gasteiger partial charge in [-0.05, 0) is 37.8 Å². The lowest BCUT2D eigenvalue weighted by Gasteiger charge is -2.21. The van der Waals surface area contributed by atoms with Gasteiger partial charge in [-0.15, -0.1) is 0 Å². The highest BCUT2D eigenvalue weighted by Crippen LogP contribution is 2.19. The third-order valence-electron chi connectivity index (χ3n) is 4.97. The first-order chi connectivity index (χ1) is 12.2. The van der Waals surface area contributed by atoms with Gasteiger partial charge in [0, 0.05) is 19.1 Å². The molecule has 5 nitrogen and oxygen atoms in total. The van der Waals surface area contributed by atoms with Gasteiger partial charge in [0.1, 0.15) is 0 Å². The first-order valence-electron chi connectivity index (χ1n) is 9.24. The maximum atomic E-state index is 12.2. The summed E-state index contributed by atoms with van der Waals surface area (Å²) in [4.78, 5) is 28.2. The molecule has 1 N–H and O–H groups in total. The van der Waals surface area contributed by atoms with E-state index in [4.69, 9.17) is 0 Å². The van der Waals surface area contributed by atoms with Gasteiger partial charge in [-0.1, -0.05) is 42.5 Å². The zero-order valence-corrected chi connectivity index (χ0v) is 14.7. The molecule has 2 aliphatic heterocycles. The maximum absolute atomic E-state index is 12.2. The van der Waals surface area contributed by atoms with Crippen LogP contribution in [0.15, 0.2) is 36.4 Å². The molecule has 0 spiro atoms. The van der Waals surface area contributed by atoms with Crippen LogP contribution in [0.4, 0.5) is 0 Å². The highest BCUT2D eigenvalue weighted by molar-refractivity contribution is 5.85. The van der Waals surface area contributed by atoms with Crippen molar-refractivity contribution in [2.45, 2.75) is 31.7 Å². The van der Waals surface area contributed by atoms with E-state index in [1.807, 2.05) is 23.1 Å². The Kier molecular flexibility index (Phi) is 6.23. The summed E-state index contributed by atoms with van der Waals surface area (Å²) in [6.07, 6.45) is 8.63. The molecule has 5 heteroatoms. The topological polar surface area (TPSA) is 52.7 Å². The van der Waals surface area contributed by atoms with E-state index in [0.717, 1.165) is 45.3 Å². The van der Waals surface area contributed by atoms with Gasteiger partial charge in [0.15, 0.2) is 0 Å². The van der Waals surface area contributed by atoms with E-state index in [1.165, 1.54) is 5.56 Å². The van der Waals surface area contributed by atoms with E-state index in [0.29, 0.717) is 12.6 Å². The predicted molar refractivity (Wildman–Crippen MR) is 98.9 cm³/mol. The van der Waals surface area contributed by atoms with E-state index < -0.39 is 0 Å². The van der Waals surface area contributed by atoms with Crippen LogP contribution in [0.3, 0.4) is 0 Å². The van der Waals surface area contributed by atoms with Crippen LogP contribution in [0.25, 0.3) is 6.08 Å². The number of benzene rings is 1. The summed E-state index contributed by atoms with van der Waals surface area (Å²) < 4.78 is 0. The average molecular weight is 341 g/mol. The fourth-order valence-corrected chi connectivity index (χ4v) is 3.55. The molecule has 0 aromatic heterocycles. The number of nitrogens with one attached hydrogen (secondary N) is 1. The molecule has 0 saturated carbocycles. The molecule has 134 valence electrons. The van der Waals surface area contributed by atoms with Crippen molar-refractivity contribution in [3.8, 4) is 0 Å². The van der Waals surface area contributed by atoms with Crippen LogP contribution in [-0.2, 0) is 9.59 Å². The van der Waals surface area contributed by atoms with Crippen LogP contribution < -0.4 is 5.32 Å². The van der Waals surface area contributed by atoms with Gasteiger partial charge in [0.05, 0.1) is 13.1 Å². The molecule has 0 aliphatic carbocycles. The number of amides is 2. The van der Waals surface area contributed by atoms with Crippen molar-refractivity contribution in [2.75, 3.05) is 32.7 Å². The number of likely N-dealkylation sites (tertiary alicyclic amines) is 2. The molecule has 25 heavy (non-hydrogen) atoms. The molecule has 0 bridgehead atoms. The van der Waals surface area contributed by atoms with Crippen LogP contribution >= 0.6 is 0 Å². The fourth-order valence-electron chi connectivity index (χ4n) is 3.55. The highest BCUT2D eigenvalue weighted by Gasteiger charge is 2.24. The lowest BCUT2D eigenvalue weighted by molar-refractivity contribution is -0.132. The van der Waals surface area contributed by atoms with Crippen molar-refractivity contribution in [3.63, 3.8) is 0 Å². The first kappa shape index (κ1) is 17.7. The van der Waals surface area contributed by atoms with Crippen LogP contribution in [-0.4, -0.2) is 60.4 Å². The van der Waals surface area contributed by atoms with Gasteiger partial charge < -0.3 is 10.2 Å². The highest BCUT2D eigenvalue weighted by atomic mass is 16.2. The van der Waals surface area contributed by atoms with E-state index in [1.54, 1.807) is 0 Å². The monoisotopic (exact) mass is 341 g/mol. The molecule has 1 aromatic carbocycles. The Balaban J connectivity index is 1.45. The lowest BCUT2D eigenvalue weighted by Crippen LogP contribution is -2.43. The van der Waals surface area contributed by atoms with E-state index >= 15 is 0 Å². The number of carbonyl (C=O) groups is 2. The molecule has 1 aromatic rings. The largest absolute Gasteiger partial charge is 0.346 e. The van der Waals surface area contributed by atoms with Crippen molar-refractivity contribution in [1.29, 1.82) is 0 Å². The molecule has 2 saturated heterocycles. The van der Waals surface area contributed by atoms with Gasteiger partial charge >= 0.3 is 0 Å². The molecule has 2 heterocycles. The Morgan fingerprint density at radius 1 is 1.08 bits per heavy atom. The number of rotatable bonds is 6. The van der Waals surface area contributed by atoms with Crippen LogP contribution in [0.2, 0.25) is 0 Å². The minimum absolute atomic E-state index is 0.0350. The van der Waals surface area contributed by atoms with Gasteiger partial charge in [0.2, 0.25) is 11.8 Å². The Bertz CT molecular complexity index is 609. The van der Waals surface area contributed by atoms with Crippen molar-refractivity contribution >= 4 is 17.9 Å². The smallest absolute Gasteiger partial charge is 0.241 e. The Morgan fingerprint density at radius 2 is 1.84 bits per heavy atom. The second-order valence-electron chi connectivity index (χ2n) is 6.81. The average Bonchev–Trinajstić information content (AvgIpc) is 3.31. The van der Waals surface area contributed by atoms with Crippen molar-refractivity contribution in [1.82, 2.24) is 15.1 Å². The summed E-state index contributed by atoms with van der Waals surface area (Å²) in [5.41, 5.74) is 1.18. The summed E-state index contributed by atoms with van der Waals surface area (Å²) in [7, 11) is 0. The first-order valence-corrected chi connectivity index (χ1v) is 9.24. The maximum Gasteiger partial charge on any atom is 0.241 e. The molecular formula is C20H27N3O2. The Hall–Kier alpha value is -2.14. The van der Waals surface area contributed by atoms with Gasteiger partial charge in [-0.25, -0.2) is 0 Å². The SMILES string of the molecule is O=C(CN1CCCC1/C=C/c1ccccc1)NCC(=O)N1CCCC1. The number of nitrogens with zero attached hydrogens (tertiary/aromatic N) is 2. The van der Waals surface area contributed by atoms with E-state index in [2.05, 4.69) is 34.5 Å². The van der Waals surface area contributed by atoms with Gasteiger partial charge in [-0.3, -0.25) is 14.5 Å². The fraction of sp³-hybridized carbons (Fsp3) is 0.500. The number of hydrogen-bond donors (Lipinski definition) is 1. The minimum Gasteiger partial charge on any atom is -0.346 e. The molecule has 2 amide bonds. The zero-order valence-electron chi connectivity index (χ0n) is 14.7. The van der Waals surface area contributed by atoms with Crippen LogP contribution in [0.5, 0.6) is 0 Å². The summed E-state index contributed by atoms with van der Waals surface area (Å²) in [5, 5.41) is 2.78. The Labute approximate surface area is 149 Å². The van der Waals surface area contributed by atoms with Crippen LogP contribution in [0, 0.1) is 0 Å². The van der Waals surface area contributed by atoms with E-state index in [-0.39, 0.29) is 18.4 Å².